The lowest BCUT2D eigenvalue weighted by atomic mass is 10.3. The Morgan fingerprint density at radius 1 is 1.53 bits per heavy atom. The number of methoxy groups -OCH3 is 1. The fourth-order valence-electron chi connectivity index (χ4n) is 1.31. The van der Waals surface area contributed by atoms with Crippen LogP contribution in [-0.2, 0) is 16.0 Å². The minimum absolute atomic E-state index is 0.0253. The molecule has 0 aromatic carbocycles. The van der Waals surface area contributed by atoms with Crippen molar-refractivity contribution >= 4 is 21.9 Å². The largest absolute Gasteiger partial charge is 0.462 e. The van der Waals surface area contributed by atoms with Gasteiger partial charge in [-0.25, -0.2) is 4.79 Å². The first kappa shape index (κ1) is 13.9. The van der Waals surface area contributed by atoms with E-state index in [1.165, 1.54) is 10.6 Å². The van der Waals surface area contributed by atoms with Crippen molar-refractivity contribution in [3.8, 4) is 0 Å². The number of ether oxygens (including phenoxy) is 2. The molecule has 17 heavy (non-hydrogen) atoms. The summed E-state index contributed by atoms with van der Waals surface area (Å²) in [5, 5.41) is 0. The van der Waals surface area contributed by atoms with Gasteiger partial charge in [0.25, 0.3) is 5.56 Å². The van der Waals surface area contributed by atoms with Gasteiger partial charge >= 0.3 is 5.97 Å². The first-order chi connectivity index (χ1) is 8.10. The number of nitrogens with zero attached hydrogens (tertiary/aromatic N) is 1. The SMILES string of the molecule is CCOC(=O)c1cc(Br)cn(CCOC)c1=O. The zero-order valence-electron chi connectivity index (χ0n) is 9.73. The lowest BCUT2D eigenvalue weighted by molar-refractivity contribution is 0.0523. The third-order valence-electron chi connectivity index (χ3n) is 2.08. The molecule has 5 nitrogen and oxygen atoms in total. The molecular weight excluding hydrogens is 290 g/mol. The van der Waals surface area contributed by atoms with Gasteiger partial charge in [-0.15, -0.1) is 0 Å². The normalized spacial score (nSPS) is 10.3. The fourth-order valence-corrected chi connectivity index (χ4v) is 1.79. The third kappa shape index (κ3) is 3.67. The van der Waals surface area contributed by atoms with Crippen LogP contribution in [0.2, 0.25) is 0 Å². The zero-order valence-corrected chi connectivity index (χ0v) is 11.3. The van der Waals surface area contributed by atoms with E-state index in [0.717, 1.165) is 0 Å². The van der Waals surface area contributed by atoms with E-state index in [-0.39, 0.29) is 17.7 Å². The van der Waals surface area contributed by atoms with Crippen LogP contribution in [0.1, 0.15) is 17.3 Å². The lowest BCUT2D eigenvalue weighted by Crippen LogP contribution is -2.28. The number of carbonyl (C=O) groups is 1. The summed E-state index contributed by atoms with van der Waals surface area (Å²) in [5.41, 5.74) is -0.346. The average molecular weight is 304 g/mol. The first-order valence-electron chi connectivity index (χ1n) is 5.16. The molecular formula is C11H14BrNO4. The molecule has 0 unspecified atom stereocenters. The molecule has 0 spiro atoms. The smallest absolute Gasteiger partial charge is 0.343 e. The summed E-state index contributed by atoms with van der Waals surface area (Å²) < 4.78 is 11.8. The molecule has 0 radical (unpaired) electrons. The second-order valence-corrected chi connectivity index (χ2v) is 4.20. The van der Waals surface area contributed by atoms with E-state index in [1.54, 1.807) is 20.2 Å². The van der Waals surface area contributed by atoms with Crippen LogP contribution in [0.3, 0.4) is 0 Å². The molecule has 6 heteroatoms. The van der Waals surface area contributed by atoms with Gasteiger partial charge in [0.1, 0.15) is 5.56 Å². The van der Waals surface area contributed by atoms with Crippen LogP contribution in [0.5, 0.6) is 0 Å². The summed E-state index contributed by atoms with van der Waals surface area (Å²) in [5.74, 6) is -0.607. The second kappa shape index (κ2) is 6.56. The number of esters is 1. The van der Waals surface area contributed by atoms with Crippen molar-refractivity contribution in [3.05, 3.63) is 32.7 Å². The Kier molecular flexibility index (Phi) is 5.37. The van der Waals surface area contributed by atoms with Crippen molar-refractivity contribution in [2.75, 3.05) is 20.3 Å². The molecule has 0 atom stereocenters. The molecule has 0 fully saturated rings. The van der Waals surface area contributed by atoms with Gasteiger partial charge in [-0.05, 0) is 28.9 Å². The van der Waals surface area contributed by atoms with Crippen molar-refractivity contribution in [3.63, 3.8) is 0 Å². The molecule has 0 saturated heterocycles. The number of halogens is 1. The van der Waals surface area contributed by atoms with E-state index in [1.807, 2.05) is 0 Å². The number of carbonyl (C=O) groups excluding carboxylic acids is 1. The number of rotatable bonds is 5. The lowest BCUT2D eigenvalue weighted by Gasteiger charge is -2.08. The topological polar surface area (TPSA) is 57.5 Å². The molecule has 0 saturated carbocycles. The monoisotopic (exact) mass is 303 g/mol. The molecule has 0 aliphatic rings. The molecule has 1 heterocycles. The molecule has 0 amide bonds. The summed E-state index contributed by atoms with van der Waals surface area (Å²) in [7, 11) is 1.55. The molecule has 1 rings (SSSR count). The van der Waals surface area contributed by atoms with Gasteiger partial charge in [-0.3, -0.25) is 4.79 Å². The summed E-state index contributed by atoms with van der Waals surface area (Å²) >= 11 is 3.25. The van der Waals surface area contributed by atoms with E-state index in [0.29, 0.717) is 17.6 Å². The predicted molar refractivity (Wildman–Crippen MR) is 66.2 cm³/mol. The third-order valence-corrected chi connectivity index (χ3v) is 2.52. The van der Waals surface area contributed by atoms with Crippen LogP contribution in [0, 0.1) is 0 Å². The number of aromatic nitrogens is 1. The highest BCUT2D eigenvalue weighted by Gasteiger charge is 2.14. The standard InChI is InChI=1S/C11H14BrNO4/c1-3-17-11(15)9-6-8(12)7-13(10(9)14)4-5-16-2/h6-7H,3-5H2,1-2H3. The molecule has 0 bridgehead atoms. The highest BCUT2D eigenvalue weighted by Crippen LogP contribution is 2.09. The Balaban J connectivity index is 3.10. The Morgan fingerprint density at radius 3 is 2.82 bits per heavy atom. The van der Waals surface area contributed by atoms with E-state index in [9.17, 15) is 9.59 Å². The fraction of sp³-hybridized carbons (Fsp3) is 0.455. The minimum atomic E-state index is -0.607. The van der Waals surface area contributed by atoms with Gasteiger partial charge in [0, 0.05) is 24.3 Å². The first-order valence-corrected chi connectivity index (χ1v) is 5.95. The van der Waals surface area contributed by atoms with E-state index in [4.69, 9.17) is 9.47 Å². The zero-order chi connectivity index (χ0) is 12.8. The van der Waals surface area contributed by atoms with Crippen LogP contribution in [0.4, 0.5) is 0 Å². The van der Waals surface area contributed by atoms with Gasteiger partial charge in [-0.2, -0.15) is 0 Å². The average Bonchev–Trinajstić information content (AvgIpc) is 2.30. The van der Waals surface area contributed by atoms with Crippen LogP contribution in [0.25, 0.3) is 0 Å². The van der Waals surface area contributed by atoms with Crippen molar-refractivity contribution in [1.29, 1.82) is 0 Å². The number of pyridine rings is 1. The highest BCUT2D eigenvalue weighted by molar-refractivity contribution is 9.10. The van der Waals surface area contributed by atoms with Crippen LogP contribution in [-0.4, -0.2) is 30.9 Å². The Bertz CT molecular complexity index is 455. The van der Waals surface area contributed by atoms with Gasteiger partial charge in [-0.1, -0.05) is 0 Å². The van der Waals surface area contributed by atoms with Gasteiger partial charge in [0.2, 0.25) is 0 Å². The Morgan fingerprint density at radius 2 is 2.24 bits per heavy atom. The van der Waals surface area contributed by atoms with Crippen LogP contribution in [0.15, 0.2) is 21.5 Å². The minimum Gasteiger partial charge on any atom is -0.462 e. The molecule has 0 aliphatic carbocycles. The highest BCUT2D eigenvalue weighted by atomic mass is 79.9. The summed E-state index contributed by atoms with van der Waals surface area (Å²) in [4.78, 5) is 23.5. The summed E-state index contributed by atoms with van der Waals surface area (Å²) in [6, 6.07) is 1.46. The van der Waals surface area contributed by atoms with Gasteiger partial charge in [0.15, 0.2) is 0 Å². The molecule has 0 N–H and O–H groups in total. The molecule has 1 aromatic rings. The summed E-state index contributed by atoms with van der Waals surface area (Å²) in [6.07, 6.45) is 1.62. The number of hydrogen-bond donors (Lipinski definition) is 0. The maximum absolute atomic E-state index is 11.9. The molecule has 1 aromatic heterocycles. The van der Waals surface area contributed by atoms with Crippen molar-refractivity contribution in [2.24, 2.45) is 0 Å². The summed E-state index contributed by atoms with van der Waals surface area (Å²) in [6.45, 7) is 2.72. The van der Waals surface area contributed by atoms with Crippen LogP contribution >= 0.6 is 15.9 Å². The van der Waals surface area contributed by atoms with Gasteiger partial charge in [0.05, 0.1) is 13.2 Å². The maximum Gasteiger partial charge on any atom is 0.343 e. The van der Waals surface area contributed by atoms with Crippen LogP contribution < -0.4 is 5.56 Å². The Hall–Kier alpha value is -1.14. The van der Waals surface area contributed by atoms with E-state index >= 15 is 0 Å². The van der Waals surface area contributed by atoms with Crippen molar-refractivity contribution in [2.45, 2.75) is 13.5 Å². The maximum atomic E-state index is 11.9. The van der Waals surface area contributed by atoms with Crippen molar-refractivity contribution < 1.29 is 14.3 Å². The molecule has 94 valence electrons. The quantitative estimate of drug-likeness (QED) is 0.772. The second-order valence-electron chi connectivity index (χ2n) is 3.28. The van der Waals surface area contributed by atoms with Crippen molar-refractivity contribution in [1.82, 2.24) is 4.57 Å². The Labute approximate surface area is 107 Å². The number of hydrogen-bond acceptors (Lipinski definition) is 4. The predicted octanol–water partition coefficient (Wildman–Crippen LogP) is 1.43. The molecule has 0 aliphatic heterocycles. The van der Waals surface area contributed by atoms with Gasteiger partial charge < -0.3 is 14.0 Å². The van der Waals surface area contributed by atoms with E-state index in [2.05, 4.69) is 15.9 Å². The van der Waals surface area contributed by atoms with E-state index < -0.39 is 5.97 Å².